The van der Waals surface area contributed by atoms with E-state index in [9.17, 15) is 0 Å². The van der Waals surface area contributed by atoms with Crippen molar-refractivity contribution < 1.29 is 4.57 Å². The molecule has 1 heterocycles. The number of nitrogens with zero attached hydrogens (tertiary/aromatic N) is 2. The predicted molar refractivity (Wildman–Crippen MR) is 69.3 cm³/mol. The fourth-order valence-corrected chi connectivity index (χ4v) is 1.60. The van der Waals surface area contributed by atoms with E-state index in [1.54, 1.807) is 0 Å². The number of hydrogen-bond acceptors (Lipinski definition) is 2. The SMILES string of the molecule is CN(NCc1cc[n+](C)cc1)c1ccccc1. The largest absolute Gasteiger partial charge is 0.311 e. The van der Waals surface area contributed by atoms with Crippen LogP contribution < -0.4 is 15.0 Å². The van der Waals surface area contributed by atoms with Gasteiger partial charge in [-0.1, -0.05) is 18.2 Å². The molecule has 1 N–H and O–H groups in total. The van der Waals surface area contributed by atoms with Gasteiger partial charge in [0.25, 0.3) is 0 Å². The number of hydrazine groups is 1. The van der Waals surface area contributed by atoms with Gasteiger partial charge in [-0.2, -0.15) is 0 Å². The van der Waals surface area contributed by atoms with Crippen LogP contribution in [0.15, 0.2) is 54.9 Å². The molecule has 0 aliphatic carbocycles. The van der Waals surface area contributed by atoms with Crippen molar-refractivity contribution in [3.05, 3.63) is 60.4 Å². The first kappa shape index (κ1) is 11.6. The van der Waals surface area contributed by atoms with Gasteiger partial charge in [0.2, 0.25) is 0 Å². The van der Waals surface area contributed by atoms with E-state index in [0.29, 0.717) is 0 Å². The van der Waals surface area contributed by atoms with Crippen LogP contribution in [0.1, 0.15) is 5.56 Å². The summed E-state index contributed by atoms with van der Waals surface area (Å²) in [6, 6.07) is 14.5. The molecule has 0 spiro atoms. The van der Waals surface area contributed by atoms with Crippen LogP contribution >= 0.6 is 0 Å². The molecule has 0 fully saturated rings. The van der Waals surface area contributed by atoms with Crippen molar-refractivity contribution in [3.8, 4) is 0 Å². The lowest BCUT2D eigenvalue weighted by atomic mass is 10.3. The highest BCUT2D eigenvalue weighted by atomic mass is 15.5. The summed E-state index contributed by atoms with van der Waals surface area (Å²) in [7, 11) is 4.05. The smallest absolute Gasteiger partial charge is 0.168 e. The van der Waals surface area contributed by atoms with Crippen LogP contribution in [-0.4, -0.2) is 7.05 Å². The van der Waals surface area contributed by atoms with E-state index in [2.05, 4.69) is 42.1 Å². The molecular weight excluding hydrogens is 210 g/mol. The first-order chi connectivity index (χ1) is 8.25. The molecule has 2 rings (SSSR count). The molecule has 1 aromatic carbocycles. The molecule has 3 heteroatoms. The number of anilines is 1. The third kappa shape index (κ3) is 3.29. The molecule has 1 aromatic heterocycles. The van der Waals surface area contributed by atoms with Crippen LogP contribution in [0.25, 0.3) is 0 Å². The number of rotatable bonds is 4. The Morgan fingerprint density at radius 1 is 1.06 bits per heavy atom. The molecule has 0 radical (unpaired) electrons. The summed E-state index contributed by atoms with van der Waals surface area (Å²) in [6.45, 7) is 0.826. The van der Waals surface area contributed by atoms with Crippen LogP contribution in [0.2, 0.25) is 0 Å². The van der Waals surface area contributed by atoms with Crippen molar-refractivity contribution >= 4 is 5.69 Å². The minimum atomic E-state index is 0.826. The summed E-state index contributed by atoms with van der Waals surface area (Å²) >= 11 is 0. The van der Waals surface area contributed by atoms with Crippen molar-refractivity contribution in [1.29, 1.82) is 0 Å². The van der Waals surface area contributed by atoms with E-state index in [4.69, 9.17) is 0 Å². The third-order valence-corrected chi connectivity index (χ3v) is 2.71. The molecule has 0 saturated heterocycles. The summed E-state index contributed by atoms with van der Waals surface area (Å²) in [5, 5.41) is 2.03. The Hall–Kier alpha value is -1.87. The number of aromatic nitrogens is 1. The fraction of sp³-hybridized carbons (Fsp3) is 0.214. The topological polar surface area (TPSA) is 19.1 Å². The van der Waals surface area contributed by atoms with E-state index >= 15 is 0 Å². The van der Waals surface area contributed by atoms with E-state index in [-0.39, 0.29) is 0 Å². The molecule has 0 atom stereocenters. The van der Waals surface area contributed by atoms with E-state index < -0.39 is 0 Å². The highest BCUT2D eigenvalue weighted by molar-refractivity contribution is 5.43. The number of pyridine rings is 1. The van der Waals surface area contributed by atoms with Crippen LogP contribution in [0.4, 0.5) is 5.69 Å². The standard InChI is InChI=1S/C14H18N3/c1-16-10-8-13(9-11-16)12-15-17(2)14-6-4-3-5-7-14/h3-11,15H,12H2,1-2H3/q+1. The first-order valence-electron chi connectivity index (χ1n) is 5.72. The number of nitrogens with one attached hydrogen (secondary N) is 1. The summed E-state index contributed by atoms with van der Waals surface area (Å²) in [5.74, 6) is 0. The Bertz CT molecular complexity index is 451. The lowest BCUT2D eigenvalue weighted by molar-refractivity contribution is -0.671. The summed E-state index contributed by atoms with van der Waals surface area (Å²) in [6.07, 6.45) is 4.11. The maximum Gasteiger partial charge on any atom is 0.168 e. The number of benzene rings is 1. The first-order valence-corrected chi connectivity index (χ1v) is 5.72. The predicted octanol–water partition coefficient (Wildman–Crippen LogP) is 1.65. The fourth-order valence-electron chi connectivity index (χ4n) is 1.60. The maximum atomic E-state index is 3.36. The molecule has 0 aliphatic heterocycles. The van der Waals surface area contributed by atoms with Gasteiger partial charge >= 0.3 is 0 Å². The Morgan fingerprint density at radius 2 is 1.71 bits per heavy atom. The minimum Gasteiger partial charge on any atom is -0.311 e. The minimum absolute atomic E-state index is 0.826. The molecular formula is C14H18N3+. The average Bonchev–Trinajstić information content (AvgIpc) is 2.39. The van der Waals surface area contributed by atoms with Gasteiger partial charge in [0, 0.05) is 25.7 Å². The van der Waals surface area contributed by atoms with E-state index in [1.807, 2.05) is 41.9 Å². The Balaban J connectivity index is 1.92. The zero-order valence-electron chi connectivity index (χ0n) is 10.3. The van der Waals surface area contributed by atoms with Crippen LogP contribution in [0.3, 0.4) is 0 Å². The Morgan fingerprint density at radius 3 is 2.35 bits per heavy atom. The monoisotopic (exact) mass is 228 g/mol. The summed E-state index contributed by atoms with van der Waals surface area (Å²) in [5.41, 5.74) is 5.79. The molecule has 88 valence electrons. The van der Waals surface area contributed by atoms with Crippen LogP contribution in [0, 0.1) is 0 Å². The molecule has 3 nitrogen and oxygen atoms in total. The zero-order valence-corrected chi connectivity index (χ0v) is 10.3. The molecule has 17 heavy (non-hydrogen) atoms. The number of para-hydroxylation sites is 1. The van der Waals surface area contributed by atoms with Crippen molar-refractivity contribution in [2.24, 2.45) is 7.05 Å². The molecule has 0 aliphatic rings. The summed E-state index contributed by atoms with van der Waals surface area (Å²) < 4.78 is 2.03. The van der Waals surface area contributed by atoms with E-state index in [1.165, 1.54) is 5.56 Å². The van der Waals surface area contributed by atoms with Crippen molar-refractivity contribution in [3.63, 3.8) is 0 Å². The second-order valence-corrected chi connectivity index (χ2v) is 4.10. The highest BCUT2D eigenvalue weighted by Crippen LogP contribution is 2.08. The summed E-state index contributed by atoms with van der Waals surface area (Å²) in [4.78, 5) is 0. The number of hydrogen-bond donors (Lipinski definition) is 1. The van der Waals surface area contributed by atoms with Crippen LogP contribution in [0.5, 0.6) is 0 Å². The van der Waals surface area contributed by atoms with Gasteiger partial charge in [-0.3, -0.25) is 0 Å². The normalized spacial score (nSPS) is 10.2. The quantitative estimate of drug-likeness (QED) is 0.634. The van der Waals surface area contributed by atoms with Gasteiger partial charge < -0.3 is 5.01 Å². The molecule has 0 amide bonds. The van der Waals surface area contributed by atoms with Gasteiger partial charge in [-0.15, -0.1) is 0 Å². The van der Waals surface area contributed by atoms with Gasteiger partial charge in [-0.05, 0) is 17.7 Å². The van der Waals surface area contributed by atoms with Gasteiger partial charge in [-0.25, -0.2) is 9.99 Å². The van der Waals surface area contributed by atoms with Crippen molar-refractivity contribution in [2.75, 3.05) is 12.1 Å². The van der Waals surface area contributed by atoms with Gasteiger partial charge in [0.15, 0.2) is 12.4 Å². The lowest BCUT2D eigenvalue weighted by Crippen LogP contribution is -2.34. The Kier molecular flexibility index (Phi) is 3.73. The van der Waals surface area contributed by atoms with Crippen LogP contribution in [-0.2, 0) is 13.6 Å². The van der Waals surface area contributed by atoms with E-state index in [0.717, 1.165) is 12.2 Å². The van der Waals surface area contributed by atoms with Gasteiger partial charge in [0.1, 0.15) is 7.05 Å². The van der Waals surface area contributed by atoms with Gasteiger partial charge in [0.05, 0.1) is 5.69 Å². The van der Waals surface area contributed by atoms with Crippen molar-refractivity contribution in [2.45, 2.75) is 6.54 Å². The lowest BCUT2D eigenvalue weighted by Gasteiger charge is -2.20. The molecule has 2 aromatic rings. The second-order valence-electron chi connectivity index (χ2n) is 4.10. The Labute approximate surface area is 102 Å². The van der Waals surface area contributed by atoms with Crippen molar-refractivity contribution in [1.82, 2.24) is 5.43 Å². The molecule has 0 unspecified atom stereocenters. The molecule has 0 bridgehead atoms. The maximum absolute atomic E-state index is 3.36. The molecule has 0 saturated carbocycles. The second kappa shape index (κ2) is 5.46. The highest BCUT2D eigenvalue weighted by Gasteiger charge is 2.00. The zero-order chi connectivity index (χ0) is 12.1. The number of aryl methyl sites for hydroxylation is 1. The third-order valence-electron chi connectivity index (χ3n) is 2.71. The average molecular weight is 228 g/mol.